The fourth-order valence-corrected chi connectivity index (χ4v) is 1.16. The van der Waals surface area contributed by atoms with Gasteiger partial charge in [-0.1, -0.05) is 19.1 Å². The van der Waals surface area contributed by atoms with Crippen LogP contribution >= 0.6 is 0 Å². The fourth-order valence-electron chi connectivity index (χ4n) is 1.16. The van der Waals surface area contributed by atoms with E-state index < -0.39 is 0 Å². The Morgan fingerprint density at radius 1 is 1.57 bits per heavy atom. The Hall–Kier alpha value is -1.82. The maximum Gasteiger partial charge on any atom is 0.123 e. The van der Waals surface area contributed by atoms with Gasteiger partial charge < -0.3 is 5.73 Å². The zero-order valence-corrected chi connectivity index (χ0v) is 7.92. The van der Waals surface area contributed by atoms with Crippen LogP contribution in [0, 0.1) is 17.1 Å². The summed E-state index contributed by atoms with van der Waals surface area (Å²) < 4.78 is 12.8. The highest BCUT2D eigenvalue weighted by molar-refractivity contribution is 5.68. The predicted octanol–water partition coefficient (Wildman–Crippen LogP) is 2.43. The van der Waals surface area contributed by atoms with E-state index in [2.05, 4.69) is 0 Å². The van der Waals surface area contributed by atoms with Crippen LogP contribution in [-0.4, -0.2) is 0 Å². The monoisotopic (exact) mass is 190 g/mol. The van der Waals surface area contributed by atoms with Crippen LogP contribution in [0.1, 0.15) is 18.9 Å². The highest BCUT2D eigenvalue weighted by atomic mass is 19.1. The second-order valence-electron chi connectivity index (χ2n) is 2.87. The number of hydrogen-bond donors (Lipinski definition) is 1. The summed E-state index contributed by atoms with van der Waals surface area (Å²) in [7, 11) is 0. The van der Waals surface area contributed by atoms with E-state index in [1.54, 1.807) is 12.1 Å². The highest BCUT2D eigenvalue weighted by Crippen LogP contribution is 2.16. The minimum Gasteiger partial charge on any atom is -0.397 e. The van der Waals surface area contributed by atoms with Gasteiger partial charge in [0.05, 0.1) is 17.3 Å². The van der Waals surface area contributed by atoms with Gasteiger partial charge in [0, 0.05) is 5.56 Å². The molecule has 14 heavy (non-hydrogen) atoms. The second-order valence-corrected chi connectivity index (χ2v) is 2.87. The summed E-state index contributed by atoms with van der Waals surface area (Å²) in [5, 5.41) is 8.75. The van der Waals surface area contributed by atoms with Crippen molar-refractivity contribution in [3.8, 4) is 6.07 Å². The number of nitrogens with two attached hydrogens (primary N) is 1. The van der Waals surface area contributed by atoms with Crippen LogP contribution in [0.5, 0.6) is 0 Å². The number of halogens is 1. The van der Waals surface area contributed by atoms with Crippen LogP contribution in [0.25, 0.3) is 5.70 Å². The lowest BCUT2D eigenvalue weighted by atomic mass is 10.1. The lowest BCUT2D eigenvalue weighted by molar-refractivity contribution is 0.627. The molecule has 0 aliphatic carbocycles. The Labute approximate surface area is 82.5 Å². The Kier molecular flexibility index (Phi) is 3.24. The second kappa shape index (κ2) is 4.43. The van der Waals surface area contributed by atoms with Crippen molar-refractivity contribution < 1.29 is 4.39 Å². The molecule has 0 radical (unpaired) electrons. The lowest BCUT2D eigenvalue weighted by Gasteiger charge is -2.03. The van der Waals surface area contributed by atoms with Crippen molar-refractivity contribution in [1.29, 1.82) is 5.26 Å². The first-order valence-electron chi connectivity index (χ1n) is 4.33. The normalized spacial score (nSPS) is 11.8. The van der Waals surface area contributed by atoms with Crippen molar-refractivity contribution >= 4 is 5.70 Å². The van der Waals surface area contributed by atoms with Gasteiger partial charge in [-0.2, -0.15) is 5.26 Å². The molecule has 0 fully saturated rings. The molecule has 0 saturated heterocycles. The third-order valence-electron chi connectivity index (χ3n) is 1.95. The molecule has 0 aromatic heterocycles. The van der Waals surface area contributed by atoms with Gasteiger partial charge in [0.25, 0.3) is 0 Å². The maximum atomic E-state index is 12.8. The average molecular weight is 190 g/mol. The van der Waals surface area contributed by atoms with Gasteiger partial charge in [-0.25, -0.2) is 4.39 Å². The SMILES string of the molecule is CC/C(C#N)=C(/N)c1cccc(F)c1. The van der Waals surface area contributed by atoms with Crippen molar-refractivity contribution in [3.63, 3.8) is 0 Å². The molecule has 0 saturated carbocycles. The first kappa shape index (κ1) is 10.3. The van der Waals surface area contributed by atoms with Crippen molar-refractivity contribution in [3.05, 3.63) is 41.2 Å². The minimum atomic E-state index is -0.348. The zero-order valence-electron chi connectivity index (χ0n) is 7.92. The van der Waals surface area contributed by atoms with E-state index in [0.29, 0.717) is 23.3 Å². The van der Waals surface area contributed by atoms with E-state index in [1.807, 2.05) is 13.0 Å². The lowest BCUT2D eigenvalue weighted by Crippen LogP contribution is -2.00. The number of benzene rings is 1. The minimum absolute atomic E-state index is 0.348. The predicted molar refractivity (Wildman–Crippen MR) is 53.4 cm³/mol. The number of hydrogen-bond acceptors (Lipinski definition) is 2. The molecule has 0 aliphatic heterocycles. The van der Waals surface area contributed by atoms with E-state index in [4.69, 9.17) is 11.0 Å². The zero-order chi connectivity index (χ0) is 10.6. The molecule has 0 amide bonds. The van der Waals surface area contributed by atoms with Crippen molar-refractivity contribution in [2.75, 3.05) is 0 Å². The van der Waals surface area contributed by atoms with Gasteiger partial charge in [0.1, 0.15) is 5.82 Å². The number of nitrogens with zero attached hydrogens (tertiary/aromatic N) is 1. The standard InChI is InChI=1S/C11H11FN2/c1-2-8(7-13)11(14)9-4-3-5-10(12)6-9/h3-6H,2,14H2,1H3/b11-8-. The topological polar surface area (TPSA) is 49.8 Å². The van der Waals surface area contributed by atoms with E-state index in [0.717, 1.165) is 0 Å². The summed E-state index contributed by atoms with van der Waals surface area (Å²) in [4.78, 5) is 0. The van der Waals surface area contributed by atoms with E-state index in [-0.39, 0.29) is 5.82 Å². The van der Waals surface area contributed by atoms with E-state index in [9.17, 15) is 4.39 Å². The van der Waals surface area contributed by atoms with Gasteiger partial charge in [0.2, 0.25) is 0 Å². The van der Waals surface area contributed by atoms with Crippen LogP contribution in [0.2, 0.25) is 0 Å². The van der Waals surface area contributed by atoms with E-state index in [1.165, 1.54) is 12.1 Å². The van der Waals surface area contributed by atoms with Crippen LogP contribution in [-0.2, 0) is 0 Å². The number of rotatable bonds is 2. The molecular weight excluding hydrogens is 179 g/mol. The summed E-state index contributed by atoms with van der Waals surface area (Å²) in [6, 6.07) is 7.92. The number of nitriles is 1. The third kappa shape index (κ3) is 2.11. The third-order valence-corrected chi connectivity index (χ3v) is 1.95. The maximum absolute atomic E-state index is 12.8. The van der Waals surface area contributed by atoms with Gasteiger partial charge in [-0.15, -0.1) is 0 Å². The Bertz CT molecular complexity index is 402. The summed E-state index contributed by atoms with van der Waals surface area (Å²) in [5.41, 5.74) is 7.12. The first-order valence-corrected chi connectivity index (χ1v) is 4.33. The molecule has 2 nitrogen and oxygen atoms in total. The molecule has 0 heterocycles. The Morgan fingerprint density at radius 3 is 2.79 bits per heavy atom. The van der Waals surface area contributed by atoms with Crippen LogP contribution < -0.4 is 5.73 Å². The summed E-state index contributed by atoms with van der Waals surface area (Å²) >= 11 is 0. The molecule has 72 valence electrons. The molecule has 1 aromatic carbocycles. The van der Waals surface area contributed by atoms with Gasteiger partial charge in [-0.3, -0.25) is 0 Å². The molecular formula is C11H11FN2. The molecule has 2 N–H and O–H groups in total. The average Bonchev–Trinajstić information content (AvgIpc) is 2.19. The molecule has 1 aromatic rings. The Balaban J connectivity index is 3.18. The number of allylic oxidation sites excluding steroid dienone is 1. The van der Waals surface area contributed by atoms with Crippen LogP contribution in [0.15, 0.2) is 29.8 Å². The molecule has 3 heteroatoms. The molecule has 1 rings (SSSR count). The van der Waals surface area contributed by atoms with E-state index >= 15 is 0 Å². The summed E-state index contributed by atoms with van der Waals surface area (Å²) in [6.45, 7) is 1.84. The largest absolute Gasteiger partial charge is 0.397 e. The summed E-state index contributed by atoms with van der Waals surface area (Å²) in [6.07, 6.45) is 0.554. The molecule has 0 atom stereocenters. The van der Waals surface area contributed by atoms with Gasteiger partial charge >= 0.3 is 0 Å². The van der Waals surface area contributed by atoms with Crippen LogP contribution in [0.4, 0.5) is 4.39 Å². The first-order chi connectivity index (χ1) is 6.69. The molecule has 0 spiro atoms. The summed E-state index contributed by atoms with van der Waals surface area (Å²) in [5.74, 6) is -0.348. The molecule has 0 aliphatic rings. The van der Waals surface area contributed by atoms with Crippen LogP contribution in [0.3, 0.4) is 0 Å². The highest BCUT2D eigenvalue weighted by Gasteiger charge is 2.04. The van der Waals surface area contributed by atoms with Crippen molar-refractivity contribution in [1.82, 2.24) is 0 Å². The molecule has 0 bridgehead atoms. The van der Waals surface area contributed by atoms with Gasteiger partial charge in [-0.05, 0) is 18.6 Å². The van der Waals surface area contributed by atoms with Crippen molar-refractivity contribution in [2.24, 2.45) is 5.73 Å². The van der Waals surface area contributed by atoms with Crippen molar-refractivity contribution in [2.45, 2.75) is 13.3 Å². The quantitative estimate of drug-likeness (QED) is 0.728. The Morgan fingerprint density at radius 2 is 2.29 bits per heavy atom. The fraction of sp³-hybridized carbons (Fsp3) is 0.182. The molecule has 0 unspecified atom stereocenters. The van der Waals surface area contributed by atoms with Gasteiger partial charge in [0.15, 0.2) is 0 Å². The smallest absolute Gasteiger partial charge is 0.123 e.